The van der Waals surface area contributed by atoms with Gasteiger partial charge in [-0.25, -0.2) is 0 Å². The van der Waals surface area contributed by atoms with Gasteiger partial charge in [-0.05, 0) is 36.8 Å². The molecule has 6 nitrogen and oxygen atoms in total. The van der Waals surface area contributed by atoms with Crippen molar-refractivity contribution in [2.75, 3.05) is 4.90 Å². The SMILES string of the molecule is CC1=C(c2ccccc2)C(=O)N(c2ccccc2)[C@@H](c2ccc([N+](=O)[O-])cc2)O1. The number of allylic oxidation sites excluding steroid dienone is 1. The Bertz CT molecular complexity index is 1080. The van der Waals surface area contributed by atoms with E-state index in [2.05, 4.69) is 0 Å². The van der Waals surface area contributed by atoms with E-state index in [1.165, 1.54) is 12.1 Å². The molecule has 1 amide bonds. The molecule has 0 saturated heterocycles. The van der Waals surface area contributed by atoms with Crippen molar-refractivity contribution in [1.82, 2.24) is 0 Å². The molecule has 1 atom stereocenters. The van der Waals surface area contributed by atoms with Crippen LogP contribution in [0.15, 0.2) is 90.7 Å². The van der Waals surface area contributed by atoms with Crippen LogP contribution >= 0.6 is 0 Å². The smallest absolute Gasteiger partial charge is 0.269 e. The highest BCUT2D eigenvalue weighted by atomic mass is 16.6. The number of benzene rings is 3. The van der Waals surface area contributed by atoms with Gasteiger partial charge in [0, 0.05) is 23.4 Å². The summed E-state index contributed by atoms with van der Waals surface area (Å²) in [6, 6.07) is 24.7. The molecule has 0 saturated carbocycles. The third-order valence-electron chi connectivity index (χ3n) is 4.79. The number of amides is 1. The van der Waals surface area contributed by atoms with Gasteiger partial charge in [-0.2, -0.15) is 0 Å². The highest BCUT2D eigenvalue weighted by molar-refractivity contribution is 6.27. The molecule has 0 bridgehead atoms. The first-order valence-corrected chi connectivity index (χ1v) is 9.12. The number of carbonyl (C=O) groups is 1. The Labute approximate surface area is 167 Å². The summed E-state index contributed by atoms with van der Waals surface area (Å²) >= 11 is 0. The summed E-state index contributed by atoms with van der Waals surface area (Å²) in [5.74, 6) is 0.325. The zero-order valence-electron chi connectivity index (χ0n) is 15.7. The number of hydrogen-bond donors (Lipinski definition) is 0. The Balaban J connectivity index is 1.82. The number of nitro benzene ring substituents is 1. The average Bonchev–Trinajstić information content (AvgIpc) is 2.75. The maximum atomic E-state index is 13.6. The minimum atomic E-state index is -0.724. The minimum absolute atomic E-state index is 0.0145. The second-order valence-electron chi connectivity index (χ2n) is 6.63. The van der Waals surface area contributed by atoms with Gasteiger partial charge in [0.1, 0.15) is 5.76 Å². The molecule has 6 heteroatoms. The molecule has 29 heavy (non-hydrogen) atoms. The highest BCUT2D eigenvalue weighted by Crippen LogP contribution is 2.39. The lowest BCUT2D eigenvalue weighted by molar-refractivity contribution is -0.384. The number of non-ortho nitro benzene ring substituents is 1. The number of ether oxygens (including phenoxy) is 1. The molecule has 1 aliphatic rings. The van der Waals surface area contributed by atoms with E-state index in [0.717, 1.165) is 5.56 Å². The molecular weight excluding hydrogens is 368 g/mol. The summed E-state index contributed by atoms with van der Waals surface area (Å²) in [5.41, 5.74) is 2.59. The molecule has 0 aromatic heterocycles. The van der Waals surface area contributed by atoms with Crippen LogP contribution < -0.4 is 4.90 Å². The van der Waals surface area contributed by atoms with Gasteiger partial charge in [0.25, 0.3) is 11.6 Å². The number of hydrogen-bond acceptors (Lipinski definition) is 4. The Kier molecular flexibility index (Phi) is 4.83. The lowest BCUT2D eigenvalue weighted by Crippen LogP contribution is -2.40. The molecule has 0 aliphatic carbocycles. The van der Waals surface area contributed by atoms with Crippen molar-refractivity contribution in [3.8, 4) is 0 Å². The molecule has 0 unspecified atom stereocenters. The first-order chi connectivity index (χ1) is 14.1. The third kappa shape index (κ3) is 3.48. The number of carbonyl (C=O) groups excluding carboxylic acids is 1. The summed E-state index contributed by atoms with van der Waals surface area (Å²) in [6.45, 7) is 1.76. The third-order valence-corrected chi connectivity index (χ3v) is 4.79. The van der Waals surface area contributed by atoms with E-state index in [1.54, 1.807) is 24.0 Å². The van der Waals surface area contributed by atoms with E-state index in [0.29, 0.717) is 22.6 Å². The predicted octanol–water partition coefficient (Wildman–Crippen LogP) is 5.09. The molecule has 3 aromatic carbocycles. The van der Waals surface area contributed by atoms with E-state index < -0.39 is 11.2 Å². The Morgan fingerprint density at radius 3 is 2.07 bits per heavy atom. The Morgan fingerprint density at radius 1 is 0.897 bits per heavy atom. The number of nitrogens with zero attached hydrogens (tertiary/aromatic N) is 2. The summed E-state index contributed by atoms with van der Waals surface area (Å²) in [6.07, 6.45) is -0.724. The quantitative estimate of drug-likeness (QED) is 0.463. The Hall–Kier alpha value is -3.93. The van der Waals surface area contributed by atoms with Crippen LogP contribution in [-0.4, -0.2) is 10.8 Å². The van der Waals surface area contributed by atoms with Gasteiger partial charge in [0.2, 0.25) is 6.23 Å². The number of para-hydroxylation sites is 1. The van der Waals surface area contributed by atoms with Gasteiger partial charge in [0.05, 0.1) is 10.5 Å². The van der Waals surface area contributed by atoms with Crippen molar-refractivity contribution in [2.24, 2.45) is 0 Å². The molecule has 4 rings (SSSR count). The molecule has 3 aromatic rings. The van der Waals surface area contributed by atoms with E-state index in [1.807, 2.05) is 60.7 Å². The van der Waals surface area contributed by atoms with E-state index in [9.17, 15) is 14.9 Å². The van der Waals surface area contributed by atoms with Crippen molar-refractivity contribution >= 4 is 22.9 Å². The zero-order valence-corrected chi connectivity index (χ0v) is 15.7. The fourth-order valence-electron chi connectivity index (χ4n) is 3.41. The molecule has 1 heterocycles. The molecule has 0 spiro atoms. The number of nitro groups is 1. The maximum absolute atomic E-state index is 13.6. The summed E-state index contributed by atoms with van der Waals surface area (Å²) in [5, 5.41) is 11.0. The van der Waals surface area contributed by atoms with E-state index >= 15 is 0 Å². The van der Waals surface area contributed by atoms with Crippen LogP contribution in [-0.2, 0) is 9.53 Å². The largest absolute Gasteiger partial charge is 0.470 e. The molecule has 0 radical (unpaired) electrons. The fraction of sp³-hybridized carbons (Fsp3) is 0.0870. The van der Waals surface area contributed by atoms with Gasteiger partial charge in [0.15, 0.2) is 0 Å². The first kappa shape index (κ1) is 18.4. The molecular formula is C23H18N2O4. The van der Waals surface area contributed by atoms with Crippen molar-refractivity contribution < 1.29 is 14.5 Å². The lowest BCUT2D eigenvalue weighted by Gasteiger charge is -2.37. The van der Waals surface area contributed by atoms with Crippen LogP contribution in [0.5, 0.6) is 0 Å². The normalized spacial score (nSPS) is 16.5. The van der Waals surface area contributed by atoms with E-state index in [4.69, 9.17) is 4.74 Å². The highest BCUT2D eigenvalue weighted by Gasteiger charge is 2.37. The van der Waals surface area contributed by atoms with Crippen LogP contribution in [0.4, 0.5) is 11.4 Å². The van der Waals surface area contributed by atoms with Gasteiger partial charge in [-0.3, -0.25) is 19.8 Å². The maximum Gasteiger partial charge on any atom is 0.269 e. The van der Waals surface area contributed by atoms with Crippen LogP contribution in [0.3, 0.4) is 0 Å². The van der Waals surface area contributed by atoms with Crippen molar-refractivity contribution in [3.05, 3.63) is 112 Å². The average molecular weight is 386 g/mol. The molecule has 0 fully saturated rings. The van der Waals surface area contributed by atoms with Gasteiger partial charge < -0.3 is 4.74 Å². The fourth-order valence-corrected chi connectivity index (χ4v) is 3.41. The van der Waals surface area contributed by atoms with Crippen LogP contribution in [0.1, 0.15) is 24.3 Å². The second-order valence-corrected chi connectivity index (χ2v) is 6.63. The number of anilines is 1. The second kappa shape index (κ2) is 7.59. The van der Waals surface area contributed by atoms with E-state index in [-0.39, 0.29) is 11.6 Å². The van der Waals surface area contributed by atoms with Gasteiger partial charge in [-0.1, -0.05) is 48.5 Å². The minimum Gasteiger partial charge on any atom is -0.470 e. The zero-order chi connectivity index (χ0) is 20.4. The molecule has 1 aliphatic heterocycles. The van der Waals surface area contributed by atoms with Crippen molar-refractivity contribution in [1.29, 1.82) is 0 Å². The molecule has 144 valence electrons. The summed E-state index contributed by atoms with van der Waals surface area (Å²) < 4.78 is 6.19. The van der Waals surface area contributed by atoms with Crippen molar-refractivity contribution in [3.63, 3.8) is 0 Å². The van der Waals surface area contributed by atoms with Crippen LogP contribution in [0.25, 0.3) is 5.57 Å². The van der Waals surface area contributed by atoms with Gasteiger partial charge >= 0.3 is 0 Å². The topological polar surface area (TPSA) is 72.7 Å². The Morgan fingerprint density at radius 2 is 1.48 bits per heavy atom. The molecule has 0 N–H and O–H groups in total. The summed E-state index contributed by atoms with van der Waals surface area (Å²) in [7, 11) is 0. The van der Waals surface area contributed by atoms with Crippen LogP contribution in [0, 0.1) is 10.1 Å². The summed E-state index contributed by atoms with van der Waals surface area (Å²) in [4.78, 5) is 25.7. The monoisotopic (exact) mass is 386 g/mol. The standard InChI is InChI=1S/C23H18N2O4/c1-16-21(17-8-4-2-5-9-17)22(26)24(19-10-6-3-7-11-19)23(29-16)18-12-14-20(15-13-18)25(27)28/h2-15,23H,1H3/t23-/m1/s1. The van der Waals surface area contributed by atoms with Crippen LogP contribution in [0.2, 0.25) is 0 Å². The van der Waals surface area contributed by atoms with Gasteiger partial charge in [-0.15, -0.1) is 0 Å². The van der Waals surface area contributed by atoms with Crippen molar-refractivity contribution in [2.45, 2.75) is 13.2 Å². The number of rotatable bonds is 4. The first-order valence-electron chi connectivity index (χ1n) is 9.12. The predicted molar refractivity (Wildman–Crippen MR) is 110 cm³/mol. The lowest BCUT2D eigenvalue weighted by atomic mass is 10.00.